The Morgan fingerprint density at radius 1 is 0.727 bits per heavy atom. The first-order valence-corrected chi connectivity index (χ1v) is 14.9. The van der Waals surface area contributed by atoms with Crippen LogP contribution in [0, 0.1) is 0 Å². The molecule has 1 unspecified atom stereocenters. The van der Waals surface area contributed by atoms with Gasteiger partial charge in [0.05, 0.1) is 0 Å². The molecule has 0 saturated carbocycles. The van der Waals surface area contributed by atoms with E-state index in [4.69, 9.17) is 11.6 Å². The van der Waals surface area contributed by atoms with Crippen molar-refractivity contribution in [2.75, 3.05) is 10.6 Å². The summed E-state index contributed by atoms with van der Waals surface area (Å²) in [5, 5.41) is 8.41. The predicted octanol–water partition coefficient (Wildman–Crippen LogP) is 7.62. The molecule has 4 aromatic carbocycles. The van der Waals surface area contributed by atoms with Gasteiger partial charge >= 0.3 is 0 Å². The van der Waals surface area contributed by atoms with Gasteiger partial charge in [-0.3, -0.25) is 19.4 Å². The van der Waals surface area contributed by atoms with Gasteiger partial charge in [-0.1, -0.05) is 84.4 Å². The zero-order chi connectivity index (χ0) is 30.7. The summed E-state index contributed by atoms with van der Waals surface area (Å²) in [4.78, 5) is 44.7. The minimum atomic E-state index is -0.573. The van der Waals surface area contributed by atoms with Gasteiger partial charge in [-0.2, -0.15) is 0 Å². The third-order valence-electron chi connectivity index (χ3n) is 6.37. The maximum absolute atomic E-state index is 13.5. The molecule has 0 saturated heterocycles. The number of nitrogens with one attached hydrogen (secondary N) is 3. The Morgan fingerprint density at radius 2 is 1.41 bits per heavy atom. The van der Waals surface area contributed by atoms with Crippen molar-refractivity contribution in [2.24, 2.45) is 0 Å². The van der Waals surface area contributed by atoms with E-state index in [-0.39, 0.29) is 11.6 Å². The lowest BCUT2D eigenvalue weighted by Gasteiger charge is -2.18. The van der Waals surface area contributed by atoms with Crippen LogP contribution in [0.5, 0.6) is 0 Å². The highest BCUT2D eigenvalue weighted by Gasteiger charge is 2.23. The summed E-state index contributed by atoms with van der Waals surface area (Å²) in [5.41, 5.74) is 2.95. The first-order valence-electron chi connectivity index (χ1n) is 13.6. The van der Waals surface area contributed by atoms with Crippen molar-refractivity contribution in [3.8, 4) is 0 Å². The number of aromatic nitrogens is 1. The number of carbonyl (C=O) groups is 3. The molecule has 0 fully saturated rings. The second-order valence-electron chi connectivity index (χ2n) is 9.52. The molecule has 218 valence electrons. The molecule has 44 heavy (non-hydrogen) atoms. The molecule has 0 aliphatic carbocycles. The van der Waals surface area contributed by atoms with E-state index in [1.807, 2.05) is 36.4 Å². The minimum absolute atomic E-state index is 0.0175. The number of nitrogens with zero attached hydrogens (tertiary/aromatic N) is 1. The molecular weight excluding hydrogens is 592 g/mol. The summed E-state index contributed by atoms with van der Waals surface area (Å²) in [5.74, 6) is -1.17. The second kappa shape index (κ2) is 14.8. The largest absolute Gasteiger partial charge is 0.325 e. The van der Waals surface area contributed by atoms with Crippen molar-refractivity contribution < 1.29 is 14.4 Å². The number of benzene rings is 4. The number of thioether (sulfide) groups is 1. The maximum Gasteiger partial charge on any atom is 0.272 e. The molecule has 1 atom stereocenters. The summed E-state index contributed by atoms with van der Waals surface area (Å²) in [6.45, 7) is 0. The van der Waals surface area contributed by atoms with Gasteiger partial charge in [0.25, 0.3) is 11.8 Å². The van der Waals surface area contributed by atoms with Gasteiger partial charge in [-0.25, -0.2) is 0 Å². The Balaban J connectivity index is 1.38. The molecule has 5 aromatic rings. The number of hydrogen-bond donors (Lipinski definition) is 3. The minimum Gasteiger partial charge on any atom is -0.325 e. The fourth-order valence-corrected chi connectivity index (χ4v) is 5.49. The van der Waals surface area contributed by atoms with Crippen LogP contribution in [0.25, 0.3) is 6.08 Å². The lowest BCUT2D eigenvalue weighted by molar-refractivity contribution is -0.116. The Bertz CT molecular complexity index is 1780. The van der Waals surface area contributed by atoms with Gasteiger partial charge in [0.15, 0.2) is 0 Å². The average Bonchev–Trinajstić information content (AvgIpc) is 3.05. The smallest absolute Gasteiger partial charge is 0.272 e. The van der Waals surface area contributed by atoms with E-state index in [0.29, 0.717) is 27.5 Å². The maximum atomic E-state index is 13.5. The number of carbonyl (C=O) groups excluding carboxylic acids is 3. The normalized spacial score (nSPS) is 11.7. The van der Waals surface area contributed by atoms with Gasteiger partial charge in [-0.15, -0.1) is 11.8 Å². The van der Waals surface area contributed by atoms with Crippen LogP contribution in [0.4, 0.5) is 11.4 Å². The third kappa shape index (κ3) is 8.22. The molecule has 1 aromatic heterocycles. The van der Waals surface area contributed by atoms with Gasteiger partial charge in [-0.05, 0) is 65.7 Å². The van der Waals surface area contributed by atoms with Crippen molar-refractivity contribution in [2.45, 2.75) is 10.1 Å². The molecule has 9 heteroatoms. The van der Waals surface area contributed by atoms with E-state index < -0.39 is 17.1 Å². The quantitative estimate of drug-likeness (QED) is 0.110. The molecule has 1 heterocycles. The van der Waals surface area contributed by atoms with Crippen molar-refractivity contribution in [3.63, 3.8) is 0 Å². The van der Waals surface area contributed by atoms with Crippen molar-refractivity contribution in [3.05, 3.63) is 161 Å². The van der Waals surface area contributed by atoms with Crippen molar-refractivity contribution >= 4 is 58.5 Å². The van der Waals surface area contributed by atoms with Gasteiger partial charge in [0, 0.05) is 39.3 Å². The number of halogens is 1. The summed E-state index contributed by atoms with van der Waals surface area (Å²) < 4.78 is 0. The van der Waals surface area contributed by atoms with Gasteiger partial charge in [0.2, 0.25) is 5.91 Å². The average molecular weight is 619 g/mol. The highest BCUT2D eigenvalue weighted by molar-refractivity contribution is 8.00. The standard InChI is InChI=1S/C35H27ClN4O3S/c36-30-17-8-7-14-26(30)22-31(40-33(41)25-12-5-2-6-13-25)34(42)39-28-15-9-16-29(23-28)44-32(24-10-3-1-4-11-24)35(43)38-27-18-20-37-21-19-27/h1-23,32H,(H,39,42)(H,40,41)(H,37,38,43)/b31-22+. The molecule has 5 rings (SSSR count). The molecule has 0 aliphatic rings. The van der Waals surface area contributed by atoms with Crippen LogP contribution in [-0.4, -0.2) is 22.7 Å². The molecule has 0 aliphatic heterocycles. The first-order chi connectivity index (χ1) is 21.5. The molecule has 0 radical (unpaired) electrons. The van der Waals surface area contributed by atoms with Crippen LogP contribution in [0.3, 0.4) is 0 Å². The van der Waals surface area contributed by atoms with E-state index >= 15 is 0 Å². The lowest BCUT2D eigenvalue weighted by Crippen LogP contribution is -2.30. The van der Waals surface area contributed by atoms with Crippen molar-refractivity contribution in [1.29, 1.82) is 0 Å². The van der Waals surface area contributed by atoms with Crippen molar-refractivity contribution in [1.82, 2.24) is 10.3 Å². The zero-order valence-electron chi connectivity index (χ0n) is 23.3. The summed E-state index contributed by atoms with van der Waals surface area (Å²) in [7, 11) is 0. The van der Waals surface area contributed by atoms with E-state index in [0.717, 1.165) is 10.5 Å². The second-order valence-corrected chi connectivity index (χ2v) is 11.1. The van der Waals surface area contributed by atoms with Crippen LogP contribution >= 0.6 is 23.4 Å². The number of anilines is 2. The first kappa shape index (κ1) is 30.3. The van der Waals surface area contributed by atoms with E-state index in [1.54, 1.807) is 97.3 Å². The Labute approximate surface area is 264 Å². The van der Waals surface area contributed by atoms with E-state index in [9.17, 15) is 14.4 Å². The van der Waals surface area contributed by atoms with Gasteiger partial charge in [0.1, 0.15) is 10.9 Å². The number of amides is 3. The zero-order valence-corrected chi connectivity index (χ0v) is 24.9. The lowest BCUT2D eigenvalue weighted by atomic mass is 10.1. The van der Waals surface area contributed by atoms with E-state index in [1.165, 1.54) is 17.8 Å². The van der Waals surface area contributed by atoms with Crippen LogP contribution in [0.1, 0.15) is 26.7 Å². The highest BCUT2D eigenvalue weighted by Crippen LogP contribution is 2.37. The van der Waals surface area contributed by atoms with E-state index in [2.05, 4.69) is 20.9 Å². The molecule has 3 N–H and O–H groups in total. The molecule has 7 nitrogen and oxygen atoms in total. The number of hydrogen-bond acceptors (Lipinski definition) is 5. The Hall–Kier alpha value is -5.18. The van der Waals surface area contributed by atoms with Crippen LogP contribution < -0.4 is 16.0 Å². The summed E-state index contributed by atoms with van der Waals surface area (Å²) >= 11 is 7.71. The SMILES string of the molecule is O=C(Nc1cccc(SC(C(=O)Nc2ccncc2)c2ccccc2)c1)/C(=C\c1ccccc1Cl)NC(=O)c1ccccc1. The Kier molecular flexibility index (Phi) is 10.2. The number of rotatable bonds is 10. The molecule has 0 bridgehead atoms. The predicted molar refractivity (Wildman–Crippen MR) is 176 cm³/mol. The topological polar surface area (TPSA) is 100 Å². The third-order valence-corrected chi connectivity index (χ3v) is 7.96. The van der Waals surface area contributed by atoms with Gasteiger partial charge < -0.3 is 16.0 Å². The fourth-order valence-electron chi connectivity index (χ4n) is 4.22. The molecular formula is C35H27ClN4O3S. The Morgan fingerprint density at radius 3 is 2.14 bits per heavy atom. The number of pyridine rings is 1. The van der Waals surface area contributed by atoms with Crippen LogP contribution in [0.2, 0.25) is 5.02 Å². The fraction of sp³-hybridized carbons (Fsp3) is 0.0286. The summed E-state index contributed by atoms with van der Waals surface area (Å²) in [6.07, 6.45) is 4.76. The molecule has 0 spiro atoms. The van der Waals surface area contributed by atoms with Crippen LogP contribution in [-0.2, 0) is 9.59 Å². The summed E-state index contributed by atoms with van der Waals surface area (Å²) in [6, 6.07) is 35.8. The van der Waals surface area contributed by atoms with Crippen LogP contribution in [0.15, 0.2) is 144 Å². The molecule has 3 amide bonds. The monoisotopic (exact) mass is 618 g/mol. The highest BCUT2D eigenvalue weighted by atomic mass is 35.5.